The first-order valence-corrected chi connectivity index (χ1v) is 9.48. The SMILES string of the molecule is CCCCCCCCCCCCCCCC(=C(N=O)C(=O)O)[N+](=O)[O-]. The standard InChI is InChI=1S/C18H32N2O5/c1-2-3-4-5-6-7-8-9-10-11-12-13-14-15-16(20(24)25)17(19-23)18(21)22/h2-15H2,1H3,(H,21,22). The highest BCUT2D eigenvalue weighted by molar-refractivity contribution is 5.86. The molecular weight excluding hydrogens is 324 g/mol. The van der Waals surface area contributed by atoms with Crippen LogP contribution in [0, 0.1) is 15.0 Å². The first-order valence-electron chi connectivity index (χ1n) is 9.48. The number of unbranched alkanes of at least 4 members (excludes halogenated alkanes) is 12. The van der Waals surface area contributed by atoms with Gasteiger partial charge in [0, 0.05) is 6.42 Å². The third-order valence-electron chi connectivity index (χ3n) is 4.30. The second kappa shape index (κ2) is 15.7. The molecule has 0 saturated carbocycles. The van der Waals surface area contributed by atoms with Crippen molar-refractivity contribution in [3.8, 4) is 0 Å². The highest BCUT2D eigenvalue weighted by Gasteiger charge is 2.24. The Kier molecular flexibility index (Phi) is 14.6. The summed E-state index contributed by atoms with van der Waals surface area (Å²) in [5.41, 5.74) is -1.57. The molecule has 0 aromatic carbocycles. The van der Waals surface area contributed by atoms with Gasteiger partial charge in [-0.3, -0.25) is 10.1 Å². The van der Waals surface area contributed by atoms with E-state index in [0.717, 1.165) is 19.3 Å². The fraction of sp³-hybridized carbons (Fsp3) is 0.833. The fourth-order valence-electron chi connectivity index (χ4n) is 2.82. The van der Waals surface area contributed by atoms with Gasteiger partial charge in [-0.1, -0.05) is 84.0 Å². The van der Waals surface area contributed by atoms with Crippen LogP contribution >= 0.6 is 0 Å². The highest BCUT2D eigenvalue weighted by atomic mass is 16.6. The van der Waals surface area contributed by atoms with Crippen molar-refractivity contribution in [2.45, 2.75) is 96.8 Å². The van der Waals surface area contributed by atoms with Crippen molar-refractivity contribution in [1.29, 1.82) is 0 Å². The molecule has 0 amide bonds. The lowest BCUT2D eigenvalue weighted by Gasteiger charge is -2.03. The van der Waals surface area contributed by atoms with Crippen LogP contribution in [0.1, 0.15) is 96.8 Å². The number of carboxylic acids is 1. The smallest absolute Gasteiger partial charge is 0.365 e. The van der Waals surface area contributed by atoms with Gasteiger partial charge in [0.25, 0.3) is 11.4 Å². The van der Waals surface area contributed by atoms with Crippen molar-refractivity contribution in [3.63, 3.8) is 0 Å². The molecule has 0 atom stereocenters. The molecule has 0 unspecified atom stereocenters. The second-order valence-corrected chi connectivity index (χ2v) is 6.44. The largest absolute Gasteiger partial charge is 0.476 e. The molecular formula is C18H32N2O5. The maximum Gasteiger partial charge on any atom is 0.365 e. The summed E-state index contributed by atoms with van der Waals surface area (Å²) in [5.74, 6) is -1.64. The first kappa shape index (κ1) is 23.2. The Labute approximate surface area is 150 Å². The average Bonchev–Trinajstić information content (AvgIpc) is 2.57. The van der Waals surface area contributed by atoms with Gasteiger partial charge in [-0.25, -0.2) is 4.79 Å². The molecule has 0 saturated heterocycles. The number of nitrogens with zero attached hydrogens (tertiary/aromatic N) is 2. The maximum absolute atomic E-state index is 10.8. The van der Waals surface area contributed by atoms with Gasteiger partial charge < -0.3 is 5.11 Å². The number of rotatable bonds is 17. The van der Waals surface area contributed by atoms with Crippen LogP contribution in [0.25, 0.3) is 0 Å². The molecule has 0 spiro atoms. The Balaban J connectivity index is 3.70. The molecule has 0 aliphatic carbocycles. The molecule has 1 N–H and O–H groups in total. The number of hydrogen-bond donors (Lipinski definition) is 1. The van der Waals surface area contributed by atoms with E-state index in [4.69, 9.17) is 5.11 Å². The van der Waals surface area contributed by atoms with Gasteiger partial charge in [-0.15, -0.1) is 4.91 Å². The van der Waals surface area contributed by atoms with Crippen molar-refractivity contribution >= 4 is 5.97 Å². The van der Waals surface area contributed by atoms with Gasteiger partial charge in [-0.2, -0.15) is 0 Å². The number of carbonyl (C=O) groups is 1. The lowest BCUT2D eigenvalue weighted by atomic mass is 10.0. The lowest BCUT2D eigenvalue weighted by Crippen LogP contribution is -2.09. The summed E-state index contributed by atoms with van der Waals surface area (Å²) in [4.78, 5) is 31.2. The van der Waals surface area contributed by atoms with Gasteiger partial charge in [-0.05, 0) is 11.6 Å². The van der Waals surface area contributed by atoms with E-state index < -0.39 is 22.3 Å². The first-order chi connectivity index (χ1) is 12.0. The number of hydrogen-bond acceptors (Lipinski definition) is 5. The minimum absolute atomic E-state index is 0.0296. The number of aliphatic carboxylic acids is 1. The normalized spacial score (nSPS) is 11.9. The monoisotopic (exact) mass is 356 g/mol. The lowest BCUT2D eigenvalue weighted by molar-refractivity contribution is -0.429. The molecule has 0 fully saturated rings. The van der Waals surface area contributed by atoms with E-state index in [1.165, 1.54) is 57.8 Å². The van der Waals surface area contributed by atoms with E-state index in [1.807, 2.05) is 0 Å². The average molecular weight is 356 g/mol. The van der Waals surface area contributed by atoms with Crippen molar-refractivity contribution in [2.75, 3.05) is 0 Å². The zero-order valence-corrected chi connectivity index (χ0v) is 15.4. The van der Waals surface area contributed by atoms with Crippen LogP contribution in [-0.2, 0) is 4.79 Å². The van der Waals surface area contributed by atoms with Gasteiger partial charge >= 0.3 is 5.97 Å². The fourth-order valence-corrected chi connectivity index (χ4v) is 2.82. The number of nitroso groups, excluding NO2 is 1. The molecule has 0 radical (unpaired) electrons. The predicted octanol–water partition coefficient (Wildman–Crippen LogP) is 5.81. The highest BCUT2D eigenvalue weighted by Crippen LogP contribution is 2.17. The Morgan fingerprint density at radius 3 is 1.60 bits per heavy atom. The topological polar surface area (TPSA) is 110 Å². The number of allylic oxidation sites excluding steroid dienone is 1. The molecule has 0 heterocycles. The van der Waals surface area contributed by atoms with Crippen LogP contribution < -0.4 is 0 Å². The molecule has 0 aliphatic heterocycles. The second-order valence-electron chi connectivity index (χ2n) is 6.44. The summed E-state index contributed by atoms with van der Waals surface area (Å²) in [7, 11) is 0. The van der Waals surface area contributed by atoms with Crippen molar-refractivity contribution in [3.05, 3.63) is 26.4 Å². The Hall–Kier alpha value is -1.79. The molecule has 0 aromatic rings. The van der Waals surface area contributed by atoms with Crippen LogP contribution in [-0.4, -0.2) is 16.0 Å². The summed E-state index contributed by atoms with van der Waals surface area (Å²) in [6.07, 6.45) is 14.9. The molecule has 0 bridgehead atoms. The van der Waals surface area contributed by atoms with E-state index in [-0.39, 0.29) is 6.42 Å². The van der Waals surface area contributed by atoms with Crippen LogP contribution in [0.5, 0.6) is 0 Å². The van der Waals surface area contributed by atoms with E-state index in [1.54, 1.807) is 0 Å². The van der Waals surface area contributed by atoms with Crippen molar-refractivity contribution < 1.29 is 14.8 Å². The predicted molar refractivity (Wildman–Crippen MR) is 97.8 cm³/mol. The van der Waals surface area contributed by atoms with E-state index in [2.05, 4.69) is 12.1 Å². The molecule has 7 nitrogen and oxygen atoms in total. The van der Waals surface area contributed by atoms with Crippen molar-refractivity contribution in [1.82, 2.24) is 0 Å². The molecule has 144 valence electrons. The Bertz CT molecular complexity index is 435. The Morgan fingerprint density at radius 2 is 1.28 bits per heavy atom. The molecule has 0 aliphatic rings. The van der Waals surface area contributed by atoms with Crippen LogP contribution in [0.15, 0.2) is 16.6 Å². The maximum atomic E-state index is 10.8. The summed E-state index contributed by atoms with van der Waals surface area (Å²) >= 11 is 0. The summed E-state index contributed by atoms with van der Waals surface area (Å²) in [5, 5.41) is 21.9. The van der Waals surface area contributed by atoms with Gasteiger partial charge in [0.15, 0.2) is 0 Å². The van der Waals surface area contributed by atoms with E-state index >= 15 is 0 Å². The van der Waals surface area contributed by atoms with Gasteiger partial charge in [0.1, 0.15) is 0 Å². The Morgan fingerprint density at radius 1 is 0.880 bits per heavy atom. The van der Waals surface area contributed by atoms with Gasteiger partial charge in [0.2, 0.25) is 0 Å². The number of nitro groups is 1. The van der Waals surface area contributed by atoms with E-state index in [0.29, 0.717) is 6.42 Å². The summed E-state index contributed by atoms with van der Waals surface area (Å²) in [6, 6.07) is 0. The molecule has 0 rings (SSSR count). The summed E-state index contributed by atoms with van der Waals surface area (Å²) < 4.78 is 0. The van der Waals surface area contributed by atoms with Crippen LogP contribution in [0.4, 0.5) is 0 Å². The number of carboxylic acid groups (broad SMARTS) is 1. The van der Waals surface area contributed by atoms with Crippen LogP contribution in [0.3, 0.4) is 0 Å². The van der Waals surface area contributed by atoms with E-state index in [9.17, 15) is 19.8 Å². The third kappa shape index (κ3) is 12.3. The summed E-state index contributed by atoms with van der Waals surface area (Å²) in [6.45, 7) is 2.22. The quantitative estimate of drug-likeness (QED) is 0.116. The van der Waals surface area contributed by atoms with Crippen LogP contribution in [0.2, 0.25) is 0 Å². The van der Waals surface area contributed by atoms with Crippen molar-refractivity contribution in [2.24, 2.45) is 5.18 Å². The zero-order valence-electron chi connectivity index (χ0n) is 15.4. The third-order valence-corrected chi connectivity index (χ3v) is 4.30. The molecule has 7 heteroatoms. The minimum Gasteiger partial charge on any atom is -0.476 e. The van der Waals surface area contributed by atoms with Gasteiger partial charge in [0.05, 0.1) is 4.92 Å². The molecule has 25 heavy (non-hydrogen) atoms. The zero-order chi connectivity index (χ0) is 18.9. The minimum atomic E-state index is -1.64. The molecule has 0 aromatic heterocycles.